The van der Waals surface area contributed by atoms with Crippen LogP contribution in [0.2, 0.25) is 0 Å². The van der Waals surface area contributed by atoms with Crippen LogP contribution in [0, 0.1) is 0 Å². The summed E-state index contributed by atoms with van der Waals surface area (Å²) in [6, 6.07) is 77.8. The molecule has 0 aliphatic heterocycles. The summed E-state index contributed by atoms with van der Waals surface area (Å²) in [6.07, 6.45) is 6.65. The molecule has 2 aromatic heterocycles. The number of para-hydroxylation sites is 3. The van der Waals surface area contributed by atoms with Gasteiger partial charge < -0.3 is 18.6 Å². The van der Waals surface area contributed by atoms with Gasteiger partial charge in [0.1, 0.15) is 23.0 Å². The van der Waals surface area contributed by atoms with Crippen molar-refractivity contribution in [1.82, 2.24) is 9.13 Å². The second kappa shape index (κ2) is 14.9. The van der Waals surface area contributed by atoms with Crippen LogP contribution in [0.4, 0.5) is 0 Å². The Morgan fingerprint density at radius 1 is 0.369 bits per heavy atom. The summed E-state index contributed by atoms with van der Waals surface area (Å²) in [5, 5.41) is 3.79. The van der Waals surface area contributed by atoms with Crippen LogP contribution >= 0.6 is 0 Å². The summed E-state index contributed by atoms with van der Waals surface area (Å²) in [5.74, 6) is 3.16. The molecule has 2 aliphatic carbocycles. The van der Waals surface area contributed by atoms with E-state index in [-0.39, 0.29) is 0 Å². The molecular weight excluding hydrogens is 793 g/mol. The molecule has 11 aromatic rings. The molecule has 0 fully saturated rings. The SMILES string of the molecule is C1=Cc2c(n(-c3ccc(Oc4ccc(C5(c6ccc(Oc7ccc(-n8c9ccccc9c9ccccc98)cc7)cc6)c6ccccc6-c6ccccc65)cc4)cc3)c3ccccc23)CC1. The van der Waals surface area contributed by atoms with Crippen LogP contribution < -0.4 is 9.47 Å². The average Bonchev–Trinajstić information content (AvgIpc) is 4.00. The van der Waals surface area contributed by atoms with E-state index in [0.717, 1.165) is 47.2 Å². The predicted molar refractivity (Wildman–Crippen MR) is 265 cm³/mol. The normalized spacial score (nSPS) is 13.5. The molecule has 0 radical (unpaired) electrons. The minimum Gasteiger partial charge on any atom is -0.457 e. The van der Waals surface area contributed by atoms with Gasteiger partial charge in [-0.2, -0.15) is 0 Å². The van der Waals surface area contributed by atoms with E-state index in [0.29, 0.717) is 0 Å². The van der Waals surface area contributed by atoms with Crippen molar-refractivity contribution in [3.63, 3.8) is 0 Å². The number of allylic oxidation sites excluding steroid dienone is 1. The Balaban J connectivity index is 0.812. The molecular formula is C61H42N2O2. The van der Waals surface area contributed by atoms with Gasteiger partial charge in [0.2, 0.25) is 0 Å². The minimum absolute atomic E-state index is 0.552. The molecule has 4 nitrogen and oxygen atoms in total. The standard InChI is InChI=1S/C61H42N2O2/c1-7-19-55-49(13-1)50-14-2-8-20-56(50)61(55,41-25-33-45(34-26-41)64-47-37-29-43(30-38-47)62-57-21-9-3-15-51(57)52-16-4-10-22-58(52)62)42-27-35-46(36-28-42)65-48-39-31-44(32-40-48)63-59-23-11-5-17-53(59)54-18-6-12-24-60(54)63/h1-11,13-23,25-40H,12,24H2. The van der Waals surface area contributed by atoms with Crippen molar-refractivity contribution in [2.75, 3.05) is 0 Å². The quantitative estimate of drug-likeness (QED) is 0.153. The molecule has 4 heteroatoms. The molecule has 0 amide bonds. The van der Waals surface area contributed by atoms with E-state index < -0.39 is 5.41 Å². The Labute approximate surface area is 377 Å². The van der Waals surface area contributed by atoms with Gasteiger partial charge in [-0.3, -0.25) is 0 Å². The number of rotatable bonds is 8. The largest absolute Gasteiger partial charge is 0.457 e. The van der Waals surface area contributed by atoms with Crippen molar-refractivity contribution in [2.24, 2.45) is 0 Å². The highest BCUT2D eigenvalue weighted by atomic mass is 16.5. The first-order valence-electron chi connectivity index (χ1n) is 22.5. The van der Waals surface area contributed by atoms with Gasteiger partial charge in [0, 0.05) is 38.8 Å². The third-order valence-corrected chi connectivity index (χ3v) is 13.6. The van der Waals surface area contributed by atoms with Gasteiger partial charge >= 0.3 is 0 Å². The molecule has 2 heterocycles. The molecule has 0 atom stereocenters. The summed E-state index contributed by atoms with van der Waals surface area (Å²) in [7, 11) is 0. The lowest BCUT2D eigenvalue weighted by Gasteiger charge is -2.34. The molecule has 0 saturated carbocycles. The van der Waals surface area contributed by atoms with Crippen LogP contribution in [0.1, 0.15) is 39.9 Å². The molecule has 2 aliphatic rings. The van der Waals surface area contributed by atoms with Gasteiger partial charge in [0.05, 0.1) is 22.0 Å². The number of aromatic nitrogens is 2. The molecule has 65 heavy (non-hydrogen) atoms. The summed E-state index contributed by atoms with van der Waals surface area (Å²) in [5.41, 5.74) is 15.4. The minimum atomic E-state index is -0.552. The maximum absolute atomic E-state index is 6.55. The molecule has 0 bridgehead atoms. The van der Waals surface area contributed by atoms with Crippen LogP contribution in [-0.4, -0.2) is 9.13 Å². The van der Waals surface area contributed by atoms with E-state index in [2.05, 4.69) is 240 Å². The molecule has 0 saturated heterocycles. The Kier molecular flexibility index (Phi) is 8.53. The molecule has 9 aromatic carbocycles. The summed E-state index contributed by atoms with van der Waals surface area (Å²) < 4.78 is 17.8. The Morgan fingerprint density at radius 3 is 1.28 bits per heavy atom. The number of ether oxygens (including phenoxy) is 2. The molecule has 0 N–H and O–H groups in total. The second-order valence-electron chi connectivity index (χ2n) is 17.1. The zero-order chi connectivity index (χ0) is 42.9. The van der Waals surface area contributed by atoms with Gasteiger partial charge in [-0.15, -0.1) is 0 Å². The van der Waals surface area contributed by atoms with Gasteiger partial charge in [0.25, 0.3) is 0 Å². The summed E-state index contributed by atoms with van der Waals surface area (Å²) >= 11 is 0. The number of benzene rings is 9. The lowest BCUT2D eigenvalue weighted by molar-refractivity contribution is 0.482. The molecule has 308 valence electrons. The molecule has 0 unspecified atom stereocenters. The maximum atomic E-state index is 6.55. The monoisotopic (exact) mass is 834 g/mol. The van der Waals surface area contributed by atoms with Gasteiger partial charge in [0.15, 0.2) is 0 Å². The van der Waals surface area contributed by atoms with E-state index in [1.165, 1.54) is 77.3 Å². The van der Waals surface area contributed by atoms with Crippen LogP contribution in [0.25, 0.3) is 61.3 Å². The molecule has 0 spiro atoms. The van der Waals surface area contributed by atoms with E-state index in [1.807, 2.05) is 0 Å². The van der Waals surface area contributed by atoms with Crippen LogP contribution in [-0.2, 0) is 11.8 Å². The fourth-order valence-electron chi connectivity index (χ4n) is 10.8. The van der Waals surface area contributed by atoms with Crippen molar-refractivity contribution in [3.8, 4) is 45.5 Å². The zero-order valence-electron chi connectivity index (χ0n) is 35.6. The van der Waals surface area contributed by atoms with E-state index in [9.17, 15) is 0 Å². The lowest BCUT2D eigenvalue weighted by atomic mass is 9.68. The van der Waals surface area contributed by atoms with Crippen molar-refractivity contribution in [1.29, 1.82) is 0 Å². The highest BCUT2D eigenvalue weighted by Crippen LogP contribution is 2.56. The topological polar surface area (TPSA) is 28.3 Å². The molecule has 13 rings (SSSR count). The van der Waals surface area contributed by atoms with Crippen LogP contribution in [0.5, 0.6) is 23.0 Å². The highest BCUT2D eigenvalue weighted by molar-refractivity contribution is 6.09. The Bertz CT molecular complexity index is 3530. The van der Waals surface area contributed by atoms with Crippen molar-refractivity contribution < 1.29 is 9.47 Å². The second-order valence-corrected chi connectivity index (χ2v) is 17.1. The maximum Gasteiger partial charge on any atom is 0.127 e. The van der Waals surface area contributed by atoms with Crippen LogP contribution in [0.3, 0.4) is 0 Å². The summed E-state index contributed by atoms with van der Waals surface area (Å²) in [4.78, 5) is 0. The van der Waals surface area contributed by atoms with Gasteiger partial charge in [-0.05, 0) is 137 Å². The van der Waals surface area contributed by atoms with Gasteiger partial charge in [-0.25, -0.2) is 0 Å². The number of nitrogens with zero attached hydrogens (tertiary/aromatic N) is 2. The fourth-order valence-corrected chi connectivity index (χ4v) is 10.8. The zero-order valence-corrected chi connectivity index (χ0v) is 35.6. The predicted octanol–water partition coefficient (Wildman–Crippen LogP) is 15.6. The number of hydrogen-bond acceptors (Lipinski definition) is 2. The first-order chi connectivity index (χ1) is 32.2. The van der Waals surface area contributed by atoms with Crippen molar-refractivity contribution in [3.05, 3.63) is 258 Å². The fraction of sp³-hybridized carbons (Fsp3) is 0.0492. The Morgan fingerprint density at radius 2 is 0.769 bits per heavy atom. The number of fused-ring (bicyclic) bond motifs is 9. The van der Waals surface area contributed by atoms with Crippen molar-refractivity contribution >= 4 is 38.8 Å². The smallest absolute Gasteiger partial charge is 0.127 e. The average molecular weight is 835 g/mol. The first kappa shape index (κ1) is 37.2. The summed E-state index contributed by atoms with van der Waals surface area (Å²) in [6.45, 7) is 0. The van der Waals surface area contributed by atoms with Gasteiger partial charge in [-0.1, -0.05) is 140 Å². The first-order valence-corrected chi connectivity index (χ1v) is 22.5. The van der Waals surface area contributed by atoms with Crippen LogP contribution in [0.15, 0.2) is 224 Å². The van der Waals surface area contributed by atoms with E-state index in [1.54, 1.807) is 0 Å². The third kappa shape index (κ3) is 5.84. The van der Waals surface area contributed by atoms with E-state index in [4.69, 9.17) is 9.47 Å². The highest BCUT2D eigenvalue weighted by Gasteiger charge is 2.46. The Hall–Kier alpha value is -8.34. The number of hydrogen-bond donors (Lipinski definition) is 0. The van der Waals surface area contributed by atoms with Crippen molar-refractivity contribution in [2.45, 2.75) is 18.3 Å². The third-order valence-electron chi connectivity index (χ3n) is 13.6. The van der Waals surface area contributed by atoms with E-state index >= 15 is 0 Å². The lowest BCUT2D eigenvalue weighted by Crippen LogP contribution is -2.28.